The minimum absolute atomic E-state index is 0.00568. The van der Waals surface area contributed by atoms with Gasteiger partial charge in [0.05, 0.1) is 10.5 Å². The summed E-state index contributed by atoms with van der Waals surface area (Å²) in [4.78, 5) is 21.8. The van der Waals surface area contributed by atoms with E-state index in [-0.39, 0.29) is 17.9 Å². The Bertz CT molecular complexity index is 654. The molecule has 0 saturated carbocycles. The number of hydrogen-bond acceptors (Lipinski definition) is 5. The van der Waals surface area contributed by atoms with Crippen LogP contribution < -0.4 is 0 Å². The molecule has 0 aromatic heterocycles. The number of allylic oxidation sites excluding steroid dienone is 2. The van der Waals surface area contributed by atoms with Gasteiger partial charge in [-0.3, -0.25) is 10.1 Å². The molecule has 6 heteroatoms. The third kappa shape index (κ3) is 4.76. The van der Waals surface area contributed by atoms with Crippen LogP contribution in [0.5, 0.6) is 0 Å². The molecule has 6 nitrogen and oxygen atoms in total. The molecule has 0 saturated heterocycles. The van der Waals surface area contributed by atoms with Gasteiger partial charge in [0.25, 0.3) is 5.69 Å². The minimum atomic E-state index is -0.774. The fourth-order valence-corrected chi connectivity index (χ4v) is 1.41. The molecular weight excluding hydrogens is 272 g/mol. The smallest absolute Gasteiger partial charge is 0.349 e. The number of esters is 1. The number of nitro groups is 1. The number of ether oxygens (including phenoxy) is 1. The van der Waals surface area contributed by atoms with E-state index in [4.69, 9.17) is 10.00 Å². The van der Waals surface area contributed by atoms with Gasteiger partial charge in [0.15, 0.2) is 0 Å². The predicted molar refractivity (Wildman–Crippen MR) is 77.0 cm³/mol. The van der Waals surface area contributed by atoms with E-state index in [1.807, 2.05) is 0 Å². The second-order valence-corrected chi connectivity index (χ2v) is 3.75. The van der Waals surface area contributed by atoms with Crippen molar-refractivity contribution < 1.29 is 14.5 Å². The fourth-order valence-electron chi connectivity index (χ4n) is 1.41. The quantitative estimate of drug-likeness (QED) is 0.152. The van der Waals surface area contributed by atoms with Gasteiger partial charge in [-0.05, 0) is 18.2 Å². The summed E-state index contributed by atoms with van der Waals surface area (Å²) < 4.78 is 4.72. The largest absolute Gasteiger partial charge is 0.457 e. The van der Waals surface area contributed by atoms with Crippen molar-refractivity contribution in [1.82, 2.24) is 0 Å². The molecule has 0 atom stereocenters. The van der Waals surface area contributed by atoms with E-state index in [2.05, 4.69) is 6.58 Å². The first kappa shape index (κ1) is 15.9. The highest BCUT2D eigenvalue weighted by atomic mass is 16.6. The van der Waals surface area contributed by atoms with E-state index < -0.39 is 10.9 Å². The Labute approximate surface area is 121 Å². The van der Waals surface area contributed by atoms with E-state index in [0.29, 0.717) is 5.56 Å². The van der Waals surface area contributed by atoms with Gasteiger partial charge >= 0.3 is 5.97 Å². The molecule has 0 aliphatic rings. The van der Waals surface area contributed by atoms with Crippen LogP contribution in [0.1, 0.15) is 5.56 Å². The Balaban J connectivity index is 2.92. The van der Waals surface area contributed by atoms with Crippen molar-refractivity contribution in [2.75, 3.05) is 6.61 Å². The molecule has 0 amide bonds. The lowest BCUT2D eigenvalue weighted by molar-refractivity contribution is -0.385. The summed E-state index contributed by atoms with van der Waals surface area (Å²) in [6.45, 7) is 3.39. The van der Waals surface area contributed by atoms with E-state index in [0.717, 1.165) is 0 Å². The van der Waals surface area contributed by atoms with E-state index >= 15 is 0 Å². The lowest BCUT2D eigenvalue weighted by Gasteiger charge is -1.98. The molecule has 1 aromatic carbocycles. The Morgan fingerprint density at radius 3 is 2.81 bits per heavy atom. The molecule has 21 heavy (non-hydrogen) atoms. The molecule has 1 aromatic rings. The third-order valence-electron chi connectivity index (χ3n) is 2.34. The molecule has 106 valence electrons. The molecule has 0 spiro atoms. The molecule has 1 rings (SSSR count). The highest BCUT2D eigenvalue weighted by molar-refractivity contribution is 5.93. The molecule has 0 N–H and O–H groups in total. The van der Waals surface area contributed by atoms with E-state index in [1.165, 1.54) is 30.4 Å². The van der Waals surface area contributed by atoms with Gasteiger partial charge in [0.1, 0.15) is 18.2 Å². The Morgan fingerprint density at radius 2 is 2.19 bits per heavy atom. The summed E-state index contributed by atoms with van der Waals surface area (Å²) in [5.74, 6) is -0.774. The standard InChI is InChI=1S/C15H12N2O4/c1-2-10-21-15(18)13(11-16)8-5-7-12-6-3-4-9-14(12)17(19)20/h2-9H,1,10H2/b7-5+,13-8?. The molecule has 0 unspecified atom stereocenters. The molecule has 0 aliphatic carbocycles. The number of rotatable bonds is 6. The Hall–Kier alpha value is -3.20. The monoisotopic (exact) mass is 284 g/mol. The number of nitrogens with zero attached hydrogens (tertiary/aromatic N) is 2. The average molecular weight is 284 g/mol. The van der Waals surface area contributed by atoms with Gasteiger partial charge in [-0.2, -0.15) is 5.26 Å². The number of nitriles is 1. The normalized spacial score (nSPS) is 10.9. The lowest BCUT2D eigenvalue weighted by atomic mass is 10.1. The fraction of sp³-hybridized carbons (Fsp3) is 0.0667. The number of carbonyl (C=O) groups is 1. The summed E-state index contributed by atoms with van der Waals surface area (Å²) in [5.41, 5.74) is 0.108. The van der Waals surface area contributed by atoms with Crippen LogP contribution in [0.2, 0.25) is 0 Å². The topological polar surface area (TPSA) is 93.2 Å². The van der Waals surface area contributed by atoms with E-state index in [1.54, 1.807) is 24.3 Å². The van der Waals surface area contributed by atoms with Crippen LogP contribution in [0.4, 0.5) is 5.69 Å². The summed E-state index contributed by atoms with van der Waals surface area (Å²) >= 11 is 0. The van der Waals surface area contributed by atoms with Gasteiger partial charge in [0, 0.05) is 6.07 Å². The molecule has 0 aliphatic heterocycles. The highest BCUT2D eigenvalue weighted by Crippen LogP contribution is 2.19. The van der Waals surface area contributed by atoms with Crippen molar-refractivity contribution in [3.8, 4) is 6.07 Å². The zero-order chi connectivity index (χ0) is 15.7. The van der Waals surface area contributed by atoms with Crippen molar-refractivity contribution in [2.45, 2.75) is 0 Å². The minimum Gasteiger partial charge on any atom is -0.457 e. The second kappa shape index (κ2) is 8.07. The first-order chi connectivity index (χ1) is 10.1. The molecule has 0 heterocycles. The zero-order valence-electron chi connectivity index (χ0n) is 11.1. The van der Waals surface area contributed by atoms with Gasteiger partial charge in [-0.1, -0.05) is 30.9 Å². The van der Waals surface area contributed by atoms with Crippen LogP contribution >= 0.6 is 0 Å². The average Bonchev–Trinajstić information content (AvgIpc) is 2.49. The van der Waals surface area contributed by atoms with Crippen LogP contribution in [-0.2, 0) is 9.53 Å². The van der Waals surface area contributed by atoms with Crippen molar-refractivity contribution in [2.24, 2.45) is 0 Å². The van der Waals surface area contributed by atoms with Crippen molar-refractivity contribution in [3.05, 3.63) is 70.3 Å². The maximum Gasteiger partial charge on any atom is 0.349 e. The van der Waals surface area contributed by atoms with Crippen molar-refractivity contribution >= 4 is 17.7 Å². The molecular formula is C15H12N2O4. The Morgan fingerprint density at radius 1 is 1.48 bits per heavy atom. The van der Waals surface area contributed by atoms with Crippen LogP contribution in [-0.4, -0.2) is 17.5 Å². The van der Waals surface area contributed by atoms with Gasteiger partial charge < -0.3 is 4.74 Å². The maximum atomic E-state index is 11.4. The first-order valence-electron chi connectivity index (χ1n) is 5.90. The van der Waals surface area contributed by atoms with E-state index in [9.17, 15) is 14.9 Å². The molecule has 0 bridgehead atoms. The van der Waals surface area contributed by atoms with Crippen molar-refractivity contribution in [3.63, 3.8) is 0 Å². The van der Waals surface area contributed by atoms with Gasteiger partial charge in [0.2, 0.25) is 0 Å². The number of para-hydroxylation sites is 1. The van der Waals surface area contributed by atoms with Crippen LogP contribution in [0.3, 0.4) is 0 Å². The number of nitro benzene ring substituents is 1. The SMILES string of the molecule is C=CCOC(=O)C(C#N)=C/C=C/c1ccccc1[N+](=O)[O-]. The maximum absolute atomic E-state index is 11.4. The Kier molecular flexibility index (Phi) is 6.09. The zero-order valence-corrected chi connectivity index (χ0v) is 11.1. The molecule has 0 fully saturated rings. The number of benzene rings is 1. The summed E-state index contributed by atoms with van der Waals surface area (Å²) in [6, 6.07) is 7.84. The lowest BCUT2D eigenvalue weighted by Crippen LogP contribution is -2.06. The van der Waals surface area contributed by atoms with Gasteiger partial charge in [-0.25, -0.2) is 4.79 Å². The van der Waals surface area contributed by atoms with Crippen molar-refractivity contribution in [1.29, 1.82) is 5.26 Å². The van der Waals surface area contributed by atoms with Crippen LogP contribution in [0, 0.1) is 21.4 Å². The van der Waals surface area contributed by atoms with Crippen LogP contribution in [0.25, 0.3) is 6.08 Å². The summed E-state index contributed by atoms with van der Waals surface area (Å²) in [5, 5.41) is 19.7. The highest BCUT2D eigenvalue weighted by Gasteiger charge is 2.10. The number of hydrogen-bond donors (Lipinski definition) is 0. The summed E-state index contributed by atoms with van der Waals surface area (Å²) in [7, 11) is 0. The predicted octanol–water partition coefficient (Wildman–Crippen LogP) is 2.79. The van der Waals surface area contributed by atoms with Crippen LogP contribution in [0.15, 0.2) is 54.6 Å². The first-order valence-corrected chi connectivity index (χ1v) is 5.90. The number of carbonyl (C=O) groups excluding carboxylic acids is 1. The summed E-state index contributed by atoms with van der Waals surface area (Å²) in [6.07, 6.45) is 5.45. The van der Waals surface area contributed by atoms with Gasteiger partial charge in [-0.15, -0.1) is 0 Å². The molecule has 0 radical (unpaired) electrons. The second-order valence-electron chi connectivity index (χ2n) is 3.75. The third-order valence-corrected chi connectivity index (χ3v) is 2.34.